The lowest BCUT2D eigenvalue weighted by molar-refractivity contribution is -0.144. The number of methoxy groups -OCH3 is 1. The highest BCUT2D eigenvalue weighted by atomic mass is 19.4. The predicted molar refractivity (Wildman–Crippen MR) is 129 cm³/mol. The van der Waals surface area contributed by atoms with Crippen molar-refractivity contribution in [3.63, 3.8) is 0 Å². The van der Waals surface area contributed by atoms with E-state index in [9.17, 15) is 18.3 Å². The van der Waals surface area contributed by atoms with Crippen LogP contribution < -0.4 is 14.2 Å². The second kappa shape index (κ2) is 10.2. The molecular formula is C27H25F3N2O4. The van der Waals surface area contributed by atoms with Crippen molar-refractivity contribution in [1.29, 1.82) is 0 Å². The summed E-state index contributed by atoms with van der Waals surface area (Å²) >= 11 is 0. The molecule has 36 heavy (non-hydrogen) atoms. The van der Waals surface area contributed by atoms with Gasteiger partial charge in [-0.05, 0) is 53.9 Å². The van der Waals surface area contributed by atoms with E-state index in [1.807, 2.05) is 31.2 Å². The smallest absolute Gasteiger partial charge is 0.436 e. The van der Waals surface area contributed by atoms with Gasteiger partial charge >= 0.3 is 6.18 Å². The van der Waals surface area contributed by atoms with Crippen LogP contribution in [0.15, 0.2) is 66.7 Å². The number of aromatic nitrogens is 2. The Bertz CT molecular complexity index is 1350. The van der Waals surface area contributed by atoms with E-state index in [-0.39, 0.29) is 29.4 Å². The Morgan fingerprint density at radius 3 is 2.28 bits per heavy atom. The molecule has 1 aromatic heterocycles. The number of halogens is 3. The SMILES string of the molecule is CCc1ccc(Oc2c(-c3ccc(OCc4cccc(OC)c4)cc3O)nn(C)c2C(F)(F)F)cc1. The third-order valence-electron chi connectivity index (χ3n) is 5.59. The van der Waals surface area contributed by atoms with E-state index >= 15 is 0 Å². The average molecular weight is 499 g/mol. The standard InChI is InChI=1S/C27H25F3N2O4/c1-4-17-8-10-19(11-9-17)36-25-24(31-32(2)26(25)27(28,29)30)22-13-12-21(15-23(22)33)35-16-18-6-5-7-20(14-18)34-3/h5-15,33H,4,16H2,1-3H3. The van der Waals surface area contributed by atoms with E-state index in [0.717, 1.165) is 17.5 Å². The van der Waals surface area contributed by atoms with E-state index in [1.165, 1.54) is 19.2 Å². The number of aromatic hydroxyl groups is 1. The Labute approximate surface area is 206 Å². The minimum Gasteiger partial charge on any atom is -0.507 e. The van der Waals surface area contributed by atoms with Gasteiger partial charge in [0.2, 0.25) is 0 Å². The molecule has 0 saturated heterocycles. The number of ether oxygens (including phenoxy) is 3. The third kappa shape index (κ3) is 5.40. The maximum Gasteiger partial charge on any atom is 0.436 e. The average Bonchev–Trinajstić information content (AvgIpc) is 3.19. The van der Waals surface area contributed by atoms with Gasteiger partial charge < -0.3 is 19.3 Å². The fourth-order valence-electron chi connectivity index (χ4n) is 3.73. The van der Waals surface area contributed by atoms with Crippen molar-refractivity contribution in [2.75, 3.05) is 7.11 Å². The summed E-state index contributed by atoms with van der Waals surface area (Å²) in [5.41, 5.74) is 0.750. The second-order valence-corrected chi connectivity index (χ2v) is 8.07. The monoisotopic (exact) mass is 498 g/mol. The zero-order valence-electron chi connectivity index (χ0n) is 20.0. The lowest BCUT2D eigenvalue weighted by Gasteiger charge is -2.13. The minimum absolute atomic E-state index is 0.0787. The van der Waals surface area contributed by atoms with Gasteiger partial charge in [0.25, 0.3) is 0 Å². The van der Waals surface area contributed by atoms with Crippen LogP contribution in [0.5, 0.6) is 28.7 Å². The van der Waals surface area contributed by atoms with Crippen LogP contribution in [0, 0.1) is 0 Å². The normalized spacial score (nSPS) is 11.4. The van der Waals surface area contributed by atoms with Crippen molar-refractivity contribution >= 4 is 0 Å². The molecule has 0 aliphatic carbocycles. The summed E-state index contributed by atoms with van der Waals surface area (Å²) in [6.07, 6.45) is -3.94. The number of rotatable bonds is 8. The Hall–Kier alpha value is -4.14. The van der Waals surface area contributed by atoms with E-state index in [4.69, 9.17) is 14.2 Å². The van der Waals surface area contributed by atoms with Crippen molar-refractivity contribution < 1.29 is 32.5 Å². The van der Waals surface area contributed by atoms with Crippen LogP contribution in [0.1, 0.15) is 23.7 Å². The van der Waals surface area contributed by atoms with Gasteiger partial charge in [-0.3, -0.25) is 4.68 Å². The van der Waals surface area contributed by atoms with Gasteiger partial charge in [-0.1, -0.05) is 31.2 Å². The summed E-state index contributed by atoms with van der Waals surface area (Å²) in [6, 6.07) is 18.4. The van der Waals surface area contributed by atoms with Crippen LogP contribution >= 0.6 is 0 Å². The van der Waals surface area contributed by atoms with Gasteiger partial charge in [0.05, 0.1) is 7.11 Å². The molecule has 4 aromatic rings. The van der Waals surface area contributed by atoms with E-state index in [1.54, 1.807) is 37.4 Å². The first-order valence-electron chi connectivity index (χ1n) is 11.2. The number of phenols is 1. The zero-order chi connectivity index (χ0) is 25.9. The first kappa shape index (κ1) is 25.0. The molecule has 6 nitrogen and oxygen atoms in total. The van der Waals surface area contributed by atoms with Crippen LogP contribution in [0.3, 0.4) is 0 Å². The molecule has 0 amide bonds. The topological polar surface area (TPSA) is 65.7 Å². The molecule has 0 bridgehead atoms. The first-order chi connectivity index (χ1) is 17.2. The second-order valence-electron chi connectivity index (χ2n) is 8.07. The molecule has 188 valence electrons. The van der Waals surface area contributed by atoms with Crippen LogP contribution in [0.4, 0.5) is 13.2 Å². The minimum atomic E-state index is -4.73. The molecular weight excluding hydrogens is 473 g/mol. The molecule has 0 radical (unpaired) electrons. The fourth-order valence-corrected chi connectivity index (χ4v) is 3.73. The van der Waals surface area contributed by atoms with Crippen LogP contribution in [0.2, 0.25) is 0 Å². The molecule has 9 heteroatoms. The lowest BCUT2D eigenvalue weighted by Crippen LogP contribution is -2.12. The molecule has 0 fully saturated rings. The van der Waals surface area contributed by atoms with E-state index in [0.29, 0.717) is 16.2 Å². The molecule has 3 aromatic carbocycles. The Kier molecular flexibility index (Phi) is 7.10. The van der Waals surface area contributed by atoms with E-state index < -0.39 is 17.6 Å². The fraction of sp³-hybridized carbons (Fsp3) is 0.222. The number of phenolic OH excluding ortho intramolecular Hbond substituents is 1. The largest absolute Gasteiger partial charge is 0.507 e. The lowest BCUT2D eigenvalue weighted by atomic mass is 10.1. The number of alkyl halides is 3. The maximum absolute atomic E-state index is 13.9. The number of nitrogens with zero attached hydrogens (tertiary/aromatic N) is 2. The summed E-state index contributed by atoms with van der Waals surface area (Å²) < 4.78 is 59.1. The van der Waals surface area contributed by atoms with Gasteiger partial charge in [-0.25, -0.2) is 0 Å². The molecule has 0 unspecified atom stereocenters. The molecule has 0 spiro atoms. The summed E-state index contributed by atoms with van der Waals surface area (Å²) in [5.74, 6) is 0.459. The van der Waals surface area contributed by atoms with Crippen molar-refractivity contribution in [3.05, 3.63) is 83.6 Å². The highest BCUT2D eigenvalue weighted by Crippen LogP contribution is 2.46. The van der Waals surface area contributed by atoms with Crippen molar-refractivity contribution in [2.24, 2.45) is 7.05 Å². The van der Waals surface area contributed by atoms with Crippen molar-refractivity contribution in [2.45, 2.75) is 26.1 Å². The maximum atomic E-state index is 13.9. The molecule has 1 heterocycles. The van der Waals surface area contributed by atoms with Gasteiger partial charge in [0.1, 0.15) is 35.3 Å². The molecule has 1 N–H and O–H groups in total. The number of aryl methyl sites for hydroxylation is 2. The van der Waals surface area contributed by atoms with Crippen LogP contribution in [-0.4, -0.2) is 22.0 Å². The number of hydrogen-bond donors (Lipinski definition) is 1. The summed E-state index contributed by atoms with van der Waals surface area (Å²) in [5, 5.41) is 14.7. The molecule has 0 aliphatic rings. The van der Waals surface area contributed by atoms with E-state index in [2.05, 4.69) is 5.10 Å². The molecule has 0 saturated carbocycles. The third-order valence-corrected chi connectivity index (χ3v) is 5.59. The van der Waals surface area contributed by atoms with Gasteiger partial charge in [0.15, 0.2) is 11.4 Å². The van der Waals surface area contributed by atoms with Gasteiger partial charge in [0, 0.05) is 18.7 Å². The summed E-state index contributed by atoms with van der Waals surface area (Å²) in [7, 11) is 2.75. The van der Waals surface area contributed by atoms with Crippen molar-refractivity contribution in [3.8, 4) is 40.0 Å². The Morgan fingerprint density at radius 1 is 0.917 bits per heavy atom. The molecule has 0 aliphatic heterocycles. The van der Waals surface area contributed by atoms with Crippen molar-refractivity contribution in [1.82, 2.24) is 9.78 Å². The zero-order valence-corrected chi connectivity index (χ0v) is 20.0. The van der Waals surface area contributed by atoms with Gasteiger partial charge in [-0.15, -0.1) is 0 Å². The quantitative estimate of drug-likeness (QED) is 0.291. The summed E-state index contributed by atoms with van der Waals surface area (Å²) in [6.45, 7) is 2.18. The summed E-state index contributed by atoms with van der Waals surface area (Å²) in [4.78, 5) is 0. The predicted octanol–water partition coefficient (Wildman–Crippen LogP) is 6.75. The highest BCUT2D eigenvalue weighted by molar-refractivity contribution is 5.74. The van der Waals surface area contributed by atoms with Crippen LogP contribution in [0.25, 0.3) is 11.3 Å². The molecule has 4 rings (SSSR count). The number of hydrogen-bond acceptors (Lipinski definition) is 5. The Balaban J connectivity index is 1.65. The Morgan fingerprint density at radius 2 is 1.64 bits per heavy atom. The van der Waals surface area contributed by atoms with Crippen LogP contribution in [-0.2, 0) is 26.3 Å². The highest BCUT2D eigenvalue weighted by Gasteiger charge is 2.41. The number of benzene rings is 3. The first-order valence-corrected chi connectivity index (χ1v) is 11.2. The van der Waals surface area contributed by atoms with Gasteiger partial charge in [-0.2, -0.15) is 18.3 Å². The molecule has 0 atom stereocenters.